The molecule has 22 heavy (non-hydrogen) atoms. The van der Waals surface area contributed by atoms with Gasteiger partial charge in [-0.1, -0.05) is 12.1 Å². The van der Waals surface area contributed by atoms with E-state index < -0.39 is 0 Å². The summed E-state index contributed by atoms with van der Waals surface area (Å²) in [6.45, 7) is 6.27. The monoisotopic (exact) mass is 301 g/mol. The normalized spacial score (nSPS) is 17.4. The van der Waals surface area contributed by atoms with Gasteiger partial charge in [0.1, 0.15) is 11.8 Å². The van der Waals surface area contributed by atoms with E-state index in [1.54, 1.807) is 10.6 Å². The molecular formula is C15H19N5O2. The molecule has 2 aromatic rings. The molecule has 0 unspecified atom stereocenters. The van der Waals surface area contributed by atoms with Gasteiger partial charge in [0, 0.05) is 18.2 Å². The molecule has 7 nitrogen and oxygen atoms in total. The lowest BCUT2D eigenvalue weighted by atomic mass is 10.1. The second-order valence-corrected chi connectivity index (χ2v) is 5.49. The summed E-state index contributed by atoms with van der Waals surface area (Å²) in [5.41, 5.74) is 3.84. The SMILES string of the molecule is CCC1=NO[C@@H](CNC(=O)c2cc(C)n3nc(C)cc3n2)C1. The van der Waals surface area contributed by atoms with Crippen molar-refractivity contribution in [3.05, 3.63) is 29.2 Å². The molecule has 7 heteroatoms. The Morgan fingerprint density at radius 3 is 3.00 bits per heavy atom. The van der Waals surface area contributed by atoms with E-state index in [2.05, 4.69) is 20.6 Å². The number of carbonyl (C=O) groups excluding carboxylic acids is 1. The Morgan fingerprint density at radius 2 is 2.27 bits per heavy atom. The van der Waals surface area contributed by atoms with Gasteiger partial charge in [-0.05, 0) is 26.3 Å². The number of rotatable bonds is 4. The van der Waals surface area contributed by atoms with E-state index in [0.717, 1.165) is 29.9 Å². The zero-order valence-corrected chi connectivity index (χ0v) is 13.0. The summed E-state index contributed by atoms with van der Waals surface area (Å²) >= 11 is 0. The molecule has 0 saturated heterocycles. The third-order valence-corrected chi connectivity index (χ3v) is 3.65. The van der Waals surface area contributed by atoms with Crippen LogP contribution in [-0.4, -0.2) is 38.9 Å². The van der Waals surface area contributed by atoms with E-state index in [1.165, 1.54) is 0 Å². The molecule has 0 spiro atoms. The van der Waals surface area contributed by atoms with E-state index >= 15 is 0 Å². The number of nitrogens with zero attached hydrogens (tertiary/aromatic N) is 4. The third-order valence-electron chi connectivity index (χ3n) is 3.65. The molecule has 0 fully saturated rings. The Balaban J connectivity index is 1.67. The predicted octanol–water partition coefficient (Wildman–Crippen LogP) is 1.63. The molecule has 0 aliphatic carbocycles. The molecule has 3 rings (SSSR count). The van der Waals surface area contributed by atoms with Crippen molar-refractivity contribution in [1.82, 2.24) is 19.9 Å². The summed E-state index contributed by atoms with van der Waals surface area (Å²) in [5, 5.41) is 11.2. The van der Waals surface area contributed by atoms with Crippen LogP contribution in [0.1, 0.15) is 41.6 Å². The molecule has 0 saturated carbocycles. The van der Waals surface area contributed by atoms with Crippen LogP contribution in [0.2, 0.25) is 0 Å². The van der Waals surface area contributed by atoms with Crippen LogP contribution < -0.4 is 5.32 Å². The number of amides is 1. The maximum atomic E-state index is 12.3. The van der Waals surface area contributed by atoms with Crippen molar-refractivity contribution in [3.8, 4) is 0 Å². The Bertz CT molecular complexity index is 750. The molecule has 1 aliphatic heterocycles. The number of fused-ring (bicyclic) bond motifs is 1. The highest BCUT2D eigenvalue weighted by atomic mass is 16.6. The average molecular weight is 301 g/mol. The minimum Gasteiger partial charge on any atom is -0.390 e. The summed E-state index contributed by atoms with van der Waals surface area (Å²) < 4.78 is 1.73. The lowest BCUT2D eigenvalue weighted by Crippen LogP contribution is -2.33. The van der Waals surface area contributed by atoms with Crippen LogP contribution in [0.3, 0.4) is 0 Å². The minimum atomic E-state index is -0.210. The van der Waals surface area contributed by atoms with Crippen LogP contribution in [0.5, 0.6) is 0 Å². The standard InChI is InChI=1S/C15H19N5O2/c1-4-11-7-12(22-19-11)8-16-15(21)13-6-10(3)20-14(17-13)5-9(2)18-20/h5-6,12H,4,7-8H2,1-3H3,(H,16,21)/t12-/m1/s1. The van der Waals surface area contributed by atoms with Gasteiger partial charge in [0.2, 0.25) is 0 Å². The molecule has 0 bridgehead atoms. The average Bonchev–Trinajstić information content (AvgIpc) is 3.10. The maximum Gasteiger partial charge on any atom is 0.270 e. The van der Waals surface area contributed by atoms with Crippen molar-refractivity contribution in [2.24, 2.45) is 5.16 Å². The summed E-state index contributed by atoms with van der Waals surface area (Å²) in [7, 11) is 0. The van der Waals surface area contributed by atoms with E-state index in [0.29, 0.717) is 17.9 Å². The topological polar surface area (TPSA) is 80.9 Å². The lowest BCUT2D eigenvalue weighted by molar-refractivity contribution is 0.0751. The Hall–Kier alpha value is -2.44. The molecule has 1 atom stereocenters. The van der Waals surface area contributed by atoms with Gasteiger partial charge in [-0.25, -0.2) is 9.50 Å². The highest BCUT2D eigenvalue weighted by Crippen LogP contribution is 2.12. The summed E-state index contributed by atoms with van der Waals surface area (Å²) in [6.07, 6.45) is 1.56. The molecule has 1 N–H and O–H groups in total. The van der Waals surface area contributed by atoms with Crippen molar-refractivity contribution in [2.75, 3.05) is 6.54 Å². The first kappa shape index (κ1) is 14.5. The molecule has 116 valence electrons. The number of carbonyl (C=O) groups is 1. The predicted molar refractivity (Wildman–Crippen MR) is 82.0 cm³/mol. The molecule has 3 heterocycles. The second kappa shape index (κ2) is 5.75. The zero-order chi connectivity index (χ0) is 15.7. The second-order valence-electron chi connectivity index (χ2n) is 5.49. The Labute approximate surface area is 128 Å². The smallest absolute Gasteiger partial charge is 0.270 e. The van der Waals surface area contributed by atoms with Gasteiger partial charge < -0.3 is 10.2 Å². The summed E-state index contributed by atoms with van der Waals surface area (Å²) in [4.78, 5) is 21.9. The van der Waals surface area contributed by atoms with Crippen LogP contribution >= 0.6 is 0 Å². The molecule has 2 aromatic heterocycles. The van der Waals surface area contributed by atoms with Gasteiger partial charge in [0.15, 0.2) is 5.65 Å². The first-order valence-corrected chi connectivity index (χ1v) is 7.40. The number of nitrogens with one attached hydrogen (secondary N) is 1. The van der Waals surface area contributed by atoms with Crippen molar-refractivity contribution < 1.29 is 9.63 Å². The number of hydrogen-bond acceptors (Lipinski definition) is 5. The highest BCUT2D eigenvalue weighted by molar-refractivity contribution is 5.93. The number of aryl methyl sites for hydroxylation is 2. The number of hydrogen-bond donors (Lipinski definition) is 1. The fraction of sp³-hybridized carbons (Fsp3) is 0.467. The Morgan fingerprint density at radius 1 is 1.45 bits per heavy atom. The molecule has 1 aliphatic rings. The molecule has 0 radical (unpaired) electrons. The van der Waals surface area contributed by atoms with Crippen molar-refractivity contribution >= 4 is 17.3 Å². The van der Waals surface area contributed by atoms with E-state index in [1.807, 2.05) is 26.8 Å². The number of oxime groups is 1. The van der Waals surface area contributed by atoms with E-state index in [-0.39, 0.29) is 12.0 Å². The van der Waals surface area contributed by atoms with Crippen LogP contribution in [-0.2, 0) is 4.84 Å². The van der Waals surface area contributed by atoms with Crippen molar-refractivity contribution in [1.29, 1.82) is 0 Å². The van der Waals surface area contributed by atoms with Gasteiger partial charge in [0.25, 0.3) is 5.91 Å². The first-order valence-electron chi connectivity index (χ1n) is 7.40. The first-order chi connectivity index (χ1) is 10.6. The quantitative estimate of drug-likeness (QED) is 0.930. The largest absolute Gasteiger partial charge is 0.390 e. The van der Waals surface area contributed by atoms with Gasteiger partial charge in [-0.15, -0.1) is 0 Å². The van der Waals surface area contributed by atoms with Crippen LogP contribution in [0.4, 0.5) is 0 Å². The third kappa shape index (κ3) is 2.79. The lowest BCUT2D eigenvalue weighted by Gasteiger charge is -2.10. The van der Waals surface area contributed by atoms with Crippen molar-refractivity contribution in [3.63, 3.8) is 0 Å². The maximum absolute atomic E-state index is 12.3. The fourth-order valence-electron chi connectivity index (χ4n) is 2.46. The van der Waals surface area contributed by atoms with Crippen LogP contribution in [0.15, 0.2) is 17.3 Å². The van der Waals surface area contributed by atoms with Crippen molar-refractivity contribution in [2.45, 2.75) is 39.7 Å². The Kier molecular flexibility index (Phi) is 3.79. The van der Waals surface area contributed by atoms with Gasteiger partial charge >= 0.3 is 0 Å². The van der Waals surface area contributed by atoms with Gasteiger partial charge in [-0.3, -0.25) is 4.79 Å². The number of aromatic nitrogens is 3. The molecule has 0 aromatic carbocycles. The van der Waals surface area contributed by atoms with E-state index in [9.17, 15) is 4.79 Å². The summed E-state index contributed by atoms with van der Waals surface area (Å²) in [5.74, 6) is -0.210. The molecule has 1 amide bonds. The molecular weight excluding hydrogens is 282 g/mol. The van der Waals surface area contributed by atoms with E-state index in [4.69, 9.17) is 4.84 Å². The van der Waals surface area contributed by atoms with Crippen LogP contribution in [0, 0.1) is 13.8 Å². The highest BCUT2D eigenvalue weighted by Gasteiger charge is 2.21. The van der Waals surface area contributed by atoms with Crippen LogP contribution in [0.25, 0.3) is 5.65 Å². The van der Waals surface area contributed by atoms with Gasteiger partial charge in [0.05, 0.1) is 18.0 Å². The minimum absolute atomic E-state index is 0.0825. The fourth-order valence-corrected chi connectivity index (χ4v) is 2.46. The van der Waals surface area contributed by atoms with Gasteiger partial charge in [-0.2, -0.15) is 5.10 Å². The zero-order valence-electron chi connectivity index (χ0n) is 13.0. The summed E-state index contributed by atoms with van der Waals surface area (Å²) in [6, 6.07) is 3.59.